The summed E-state index contributed by atoms with van der Waals surface area (Å²) in [4.78, 5) is 28.3. The maximum absolute atomic E-state index is 12.0. The Bertz CT molecular complexity index is 1150. The maximum Gasteiger partial charge on any atom is 0.306 e. The third-order valence-corrected chi connectivity index (χ3v) is 6.50. The van der Waals surface area contributed by atoms with E-state index in [-0.39, 0.29) is 11.3 Å². The van der Waals surface area contributed by atoms with Crippen LogP contribution in [0.15, 0.2) is 52.4 Å². The zero-order chi connectivity index (χ0) is 23.1. The number of benzene rings is 2. The zero-order valence-corrected chi connectivity index (χ0v) is 19.3. The summed E-state index contributed by atoms with van der Waals surface area (Å²) in [7, 11) is -3.54. The molecule has 0 radical (unpaired) electrons. The van der Waals surface area contributed by atoms with Gasteiger partial charge in [-0.2, -0.15) is 0 Å². The molecule has 0 unspecified atom stereocenters. The lowest BCUT2D eigenvalue weighted by Gasteiger charge is -2.08. The topological polar surface area (TPSA) is 114 Å². The number of hydrogen-bond donors (Lipinski definition) is 2. The largest absolute Gasteiger partial charge is 0.456 e. The molecular weight excluding hydrogens is 477 g/mol. The molecular formula is C21H21Cl2N3O5S. The minimum atomic E-state index is -3.54. The van der Waals surface area contributed by atoms with Gasteiger partial charge in [-0.05, 0) is 43.2 Å². The molecule has 0 fully saturated rings. The zero-order valence-electron chi connectivity index (χ0n) is 16.9. The first-order chi connectivity index (χ1) is 15.3. The Labute approximate surface area is 196 Å². The Hall–Kier alpha value is -2.62. The molecule has 1 heterocycles. The van der Waals surface area contributed by atoms with Crippen molar-refractivity contribution < 1.29 is 22.7 Å². The van der Waals surface area contributed by atoms with Crippen molar-refractivity contribution in [2.75, 3.05) is 18.5 Å². The van der Waals surface area contributed by atoms with E-state index in [1.807, 2.05) is 0 Å². The lowest BCUT2D eigenvalue weighted by atomic mass is 10.2. The van der Waals surface area contributed by atoms with Crippen molar-refractivity contribution in [3.8, 4) is 0 Å². The number of esters is 1. The first kappa shape index (κ1) is 24.0. The highest BCUT2D eigenvalue weighted by atomic mass is 35.5. The molecule has 2 aromatic rings. The summed E-state index contributed by atoms with van der Waals surface area (Å²) in [6, 6.07) is 11.3. The number of sulfonamides is 1. The highest BCUT2D eigenvalue weighted by molar-refractivity contribution is 7.90. The van der Waals surface area contributed by atoms with Crippen LogP contribution in [0, 0.1) is 0 Å². The van der Waals surface area contributed by atoms with E-state index in [1.165, 1.54) is 12.1 Å². The van der Waals surface area contributed by atoms with E-state index in [0.717, 1.165) is 0 Å². The van der Waals surface area contributed by atoms with Gasteiger partial charge in [0, 0.05) is 23.6 Å². The van der Waals surface area contributed by atoms with Crippen molar-refractivity contribution in [1.29, 1.82) is 0 Å². The average Bonchev–Trinajstić information content (AvgIpc) is 3.02. The molecule has 1 amide bonds. The Morgan fingerprint density at radius 1 is 1.06 bits per heavy atom. The SMILES string of the molecule is O=C(COC(=O)CCCCCN=C1NS(=O)(=O)c2ccccc21)Nc1cc(Cl)ccc1Cl. The third kappa shape index (κ3) is 6.44. The summed E-state index contributed by atoms with van der Waals surface area (Å²) >= 11 is 11.8. The van der Waals surface area contributed by atoms with Crippen molar-refractivity contribution in [3.05, 3.63) is 58.1 Å². The van der Waals surface area contributed by atoms with Crippen LogP contribution in [-0.4, -0.2) is 39.3 Å². The normalized spacial score (nSPS) is 15.1. The minimum Gasteiger partial charge on any atom is -0.456 e. The number of aliphatic imine (C=N–C) groups is 1. The number of carbonyl (C=O) groups is 2. The van der Waals surface area contributed by atoms with E-state index in [2.05, 4.69) is 15.0 Å². The number of hydrogen-bond acceptors (Lipinski definition) is 6. The molecule has 8 nitrogen and oxygen atoms in total. The second-order valence-corrected chi connectivity index (χ2v) is 9.47. The predicted molar refractivity (Wildman–Crippen MR) is 123 cm³/mol. The fraction of sp³-hybridized carbons (Fsp3) is 0.286. The maximum atomic E-state index is 12.0. The van der Waals surface area contributed by atoms with Crippen LogP contribution < -0.4 is 10.0 Å². The van der Waals surface area contributed by atoms with Crippen molar-refractivity contribution in [1.82, 2.24) is 4.72 Å². The second-order valence-electron chi connectivity index (χ2n) is 6.98. The molecule has 2 N–H and O–H groups in total. The number of carbonyl (C=O) groups excluding carboxylic acids is 2. The molecule has 0 aliphatic carbocycles. The molecule has 0 saturated heterocycles. The van der Waals surface area contributed by atoms with Crippen LogP contribution >= 0.6 is 23.2 Å². The summed E-state index contributed by atoms with van der Waals surface area (Å²) in [6.07, 6.45) is 2.10. The molecule has 0 bridgehead atoms. The Kier molecular flexibility index (Phi) is 8.11. The molecule has 2 aromatic carbocycles. The lowest BCUT2D eigenvalue weighted by molar-refractivity contribution is -0.147. The van der Waals surface area contributed by atoms with Gasteiger partial charge in [-0.15, -0.1) is 0 Å². The summed E-state index contributed by atoms with van der Waals surface area (Å²) < 4.78 is 31.5. The number of amides is 1. The molecule has 0 spiro atoms. The number of ether oxygens (including phenoxy) is 1. The summed E-state index contributed by atoms with van der Waals surface area (Å²) in [6.45, 7) is -0.00107. The van der Waals surface area contributed by atoms with Crippen LogP contribution in [0.2, 0.25) is 10.0 Å². The van der Waals surface area contributed by atoms with Gasteiger partial charge in [0.05, 0.1) is 15.6 Å². The van der Waals surface area contributed by atoms with Crippen LogP contribution in [0.3, 0.4) is 0 Å². The van der Waals surface area contributed by atoms with Gasteiger partial charge in [0.25, 0.3) is 15.9 Å². The van der Waals surface area contributed by atoms with Gasteiger partial charge in [-0.1, -0.05) is 41.8 Å². The number of halogens is 2. The summed E-state index contributed by atoms with van der Waals surface area (Å²) in [5.41, 5.74) is 0.905. The van der Waals surface area contributed by atoms with Gasteiger partial charge in [0.2, 0.25) is 0 Å². The number of nitrogens with zero attached hydrogens (tertiary/aromatic N) is 1. The highest BCUT2D eigenvalue weighted by Crippen LogP contribution is 2.25. The monoisotopic (exact) mass is 497 g/mol. The molecule has 0 saturated carbocycles. The number of anilines is 1. The van der Waals surface area contributed by atoms with Crippen molar-refractivity contribution in [3.63, 3.8) is 0 Å². The van der Waals surface area contributed by atoms with Gasteiger partial charge < -0.3 is 10.1 Å². The Morgan fingerprint density at radius 2 is 1.84 bits per heavy atom. The number of amidine groups is 1. The first-order valence-electron chi connectivity index (χ1n) is 9.83. The molecule has 0 atom stereocenters. The number of unbranched alkanes of at least 4 members (excludes halogenated alkanes) is 2. The van der Waals surface area contributed by atoms with E-state index >= 15 is 0 Å². The molecule has 11 heteroatoms. The van der Waals surface area contributed by atoms with Crippen LogP contribution in [0.4, 0.5) is 5.69 Å². The quantitative estimate of drug-likeness (QED) is 0.404. The van der Waals surface area contributed by atoms with Gasteiger partial charge in [0.15, 0.2) is 6.61 Å². The highest BCUT2D eigenvalue weighted by Gasteiger charge is 2.29. The second kappa shape index (κ2) is 10.8. The lowest BCUT2D eigenvalue weighted by Crippen LogP contribution is -2.22. The molecule has 1 aliphatic heterocycles. The van der Waals surface area contributed by atoms with Gasteiger partial charge in [-0.3, -0.25) is 19.3 Å². The Balaban J connectivity index is 1.33. The van der Waals surface area contributed by atoms with Gasteiger partial charge in [-0.25, -0.2) is 8.42 Å². The molecule has 3 rings (SSSR count). The van der Waals surface area contributed by atoms with E-state index < -0.39 is 28.5 Å². The fourth-order valence-corrected chi connectivity index (χ4v) is 4.59. The smallest absolute Gasteiger partial charge is 0.306 e. The van der Waals surface area contributed by atoms with Crippen molar-refractivity contribution in [2.24, 2.45) is 4.99 Å². The Morgan fingerprint density at radius 3 is 2.66 bits per heavy atom. The molecule has 1 aliphatic rings. The van der Waals surface area contributed by atoms with Gasteiger partial charge in [0.1, 0.15) is 5.84 Å². The van der Waals surface area contributed by atoms with E-state index in [0.29, 0.717) is 52.9 Å². The van der Waals surface area contributed by atoms with E-state index in [1.54, 1.807) is 30.3 Å². The van der Waals surface area contributed by atoms with Crippen molar-refractivity contribution >= 4 is 56.6 Å². The molecule has 0 aromatic heterocycles. The average molecular weight is 498 g/mol. The predicted octanol–water partition coefficient (Wildman–Crippen LogP) is 3.77. The van der Waals surface area contributed by atoms with E-state index in [9.17, 15) is 18.0 Å². The number of nitrogens with one attached hydrogen (secondary N) is 2. The molecule has 170 valence electrons. The molecule has 32 heavy (non-hydrogen) atoms. The fourth-order valence-electron chi connectivity index (χ4n) is 3.00. The summed E-state index contributed by atoms with van der Waals surface area (Å²) in [5, 5.41) is 3.28. The number of rotatable bonds is 9. The van der Waals surface area contributed by atoms with Crippen LogP contribution in [0.25, 0.3) is 0 Å². The van der Waals surface area contributed by atoms with Crippen molar-refractivity contribution in [2.45, 2.75) is 30.6 Å². The first-order valence-corrected chi connectivity index (χ1v) is 12.1. The van der Waals surface area contributed by atoms with Gasteiger partial charge >= 0.3 is 5.97 Å². The third-order valence-electron chi connectivity index (χ3n) is 4.54. The summed E-state index contributed by atoms with van der Waals surface area (Å²) in [5.74, 6) is -0.662. The minimum absolute atomic E-state index is 0.164. The standard InChI is InChI=1S/C21H21Cl2N3O5S/c22-14-9-10-16(23)17(12-14)25-19(27)13-31-20(28)8-2-1-5-11-24-21-15-6-3-4-7-18(15)32(29,30)26-21/h3-4,6-7,9-10,12H,1-2,5,8,11,13H2,(H,24,26)(H,25,27). The van der Waals surface area contributed by atoms with E-state index in [4.69, 9.17) is 27.9 Å². The van der Waals surface area contributed by atoms with Crippen LogP contribution in [-0.2, 0) is 24.3 Å². The van der Waals surface area contributed by atoms with Crippen LogP contribution in [0.1, 0.15) is 31.2 Å². The number of fused-ring (bicyclic) bond motifs is 1. The van der Waals surface area contributed by atoms with Crippen LogP contribution in [0.5, 0.6) is 0 Å².